The van der Waals surface area contributed by atoms with E-state index in [0.29, 0.717) is 10.6 Å². The molecule has 4 N–H and O–H groups in total. The van der Waals surface area contributed by atoms with Crippen molar-refractivity contribution in [2.45, 2.75) is 26.7 Å². The summed E-state index contributed by atoms with van der Waals surface area (Å²) >= 11 is 6.21. The van der Waals surface area contributed by atoms with Gasteiger partial charge in [0.15, 0.2) is 5.11 Å². The Labute approximate surface area is 166 Å². The minimum atomic E-state index is -0.419. The lowest BCUT2D eigenvalue weighted by Crippen LogP contribution is -2.48. The molecule has 0 bridgehead atoms. The summed E-state index contributed by atoms with van der Waals surface area (Å²) in [5.74, 6) is -1.04. The van der Waals surface area contributed by atoms with Crippen molar-refractivity contribution in [1.82, 2.24) is 16.2 Å². The largest absolute Gasteiger partial charge is 0.326 e. The SMILES string of the molecule is Cc1ccc(NC(=O)CCC(=O)NNC(=S)NC(=O)c2cccs2)cc1C. The van der Waals surface area contributed by atoms with E-state index in [1.165, 1.54) is 11.3 Å². The summed E-state index contributed by atoms with van der Waals surface area (Å²) in [7, 11) is 0. The molecule has 0 saturated carbocycles. The number of carbonyl (C=O) groups is 3. The maximum Gasteiger partial charge on any atom is 0.267 e. The summed E-state index contributed by atoms with van der Waals surface area (Å²) in [6.45, 7) is 3.95. The standard InChI is InChI=1S/C18H20N4O3S2/c1-11-5-6-13(10-12(11)2)19-15(23)7-8-16(24)21-22-18(26)20-17(25)14-4-3-9-27-14/h3-6,9-10H,7-8H2,1-2H3,(H,19,23)(H,21,24)(H2,20,22,25,26). The summed E-state index contributed by atoms with van der Waals surface area (Å²) in [6, 6.07) is 9.03. The van der Waals surface area contributed by atoms with E-state index in [1.54, 1.807) is 17.5 Å². The van der Waals surface area contributed by atoms with E-state index >= 15 is 0 Å². The third-order valence-corrected chi connectivity index (χ3v) is 4.73. The number of anilines is 1. The quantitative estimate of drug-likeness (QED) is 0.453. The molecule has 142 valence electrons. The first kappa shape index (κ1) is 20.5. The highest BCUT2D eigenvalue weighted by atomic mass is 32.1. The molecule has 0 unspecified atom stereocenters. The molecule has 0 saturated heterocycles. The van der Waals surface area contributed by atoms with E-state index in [2.05, 4.69) is 21.5 Å². The fourth-order valence-corrected chi connectivity index (χ4v) is 2.83. The van der Waals surface area contributed by atoms with Crippen LogP contribution in [0, 0.1) is 13.8 Å². The first-order chi connectivity index (χ1) is 12.8. The Hall–Kier alpha value is -2.78. The monoisotopic (exact) mass is 404 g/mol. The van der Waals surface area contributed by atoms with Crippen molar-refractivity contribution in [3.8, 4) is 0 Å². The number of carbonyl (C=O) groups excluding carboxylic acids is 3. The van der Waals surface area contributed by atoms with Crippen LogP contribution in [0.3, 0.4) is 0 Å². The summed E-state index contributed by atoms with van der Waals surface area (Å²) in [5.41, 5.74) is 7.69. The molecule has 1 aromatic heterocycles. The average Bonchev–Trinajstić information content (AvgIpc) is 3.16. The van der Waals surface area contributed by atoms with Crippen molar-refractivity contribution in [1.29, 1.82) is 0 Å². The molecule has 27 heavy (non-hydrogen) atoms. The van der Waals surface area contributed by atoms with Gasteiger partial charge >= 0.3 is 0 Å². The molecule has 2 aromatic rings. The number of hydrogen-bond acceptors (Lipinski definition) is 5. The maximum atomic E-state index is 11.9. The fraction of sp³-hybridized carbons (Fsp3) is 0.222. The molecular weight excluding hydrogens is 384 g/mol. The van der Waals surface area contributed by atoms with Gasteiger partial charge in [0.25, 0.3) is 5.91 Å². The molecule has 3 amide bonds. The van der Waals surface area contributed by atoms with Gasteiger partial charge in [0, 0.05) is 18.5 Å². The summed E-state index contributed by atoms with van der Waals surface area (Å²) in [5, 5.41) is 6.94. The van der Waals surface area contributed by atoms with Gasteiger partial charge in [-0.15, -0.1) is 11.3 Å². The maximum absolute atomic E-state index is 11.9. The van der Waals surface area contributed by atoms with Gasteiger partial charge in [-0.05, 0) is 60.8 Å². The summed E-state index contributed by atoms with van der Waals surface area (Å²) in [6.07, 6.45) is -0.0000843. The van der Waals surface area contributed by atoms with Crippen LogP contribution in [-0.4, -0.2) is 22.8 Å². The smallest absolute Gasteiger partial charge is 0.267 e. The molecule has 7 nitrogen and oxygen atoms in total. The van der Waals surface area contributed by atoms with Crippen molar-refractivity contribution in [3.05, 3.63) is 51.7 Å². The lowest BCUT2D eigenvalue weighted by Gasteiger charge is -2.10. The van der Waals surface area contributed by atoms with Gasteiger partial charge in [0.2, 0.25) is 11.8 Å². The minimum Gasteiger partial charge on any atom is -0.326 e. The molecule has 0 atom stereocenters. The van der Waals surface area contributed by atoms with Crippen LogP contribution in [0.25, 0.3) is 0 Å². The minimum absolute atomic E-state index is 0.0226. The van der Waals surface area contributed by atoms with Gasteiger partial charge in [0.1, 0.15) is 0 Å². The highest BCUT2D eigenvalue weighted by Crippen LogP contribution is 2.14. The third-order valence-electron chi connectivity index (χ3n) is 3.66. The Morgan fingerprint density at radius 1 is 1.00 bits per heavy atom. The lowest BCUT2D eigenvalue weighted by atomic mass is 10.1. The van der Waals surface area contributed by atoms with Gasteiger partial charge in [-0.1, -0.05) is 12.1 Å². The third kappa shape index (κ3) is 6.80. The van der Waals surface area contributed by atoms with E-state index in [4.69, 9.17) is 12.2 Å². The lowest BCUT2D eigenvalue weighted by molar-refractivity contribution is -0.124. The molecule has 0 aliphatic carbocycles. The van der Waals surface area contributed by atoms with Gasteiger partial charge in [-0.25, -0.2) is 0 Å². The highest BCUT2D eigenvalue weighted by molar-refractivity contribution is 7.80. The van der Waals surface area contributed by atoms with Crippen LogP contribution in [0.1, 0.15) is 33.6 Å². The highest BCUT2D eigenvalue weighted by Gasteiger charge is 2.10. The first-order valence-corrected chi connectivity index (χ1v) is 9.44. The molecular formula is C18H20N4O3S2. The van der Waals surface area contributed by atoms with Gasteiger partial charge < -0.3 is 5.32 Å². The fourth-order valence-electron chi connectivity index (χ4n) is 2.06. The predicted molar refractivity (Wildman–Crippen MR) is 109 cm³/mol. The zero-order valence-corrected chi connectivity index (χ0v) is 16.6. The molecule has 1 heterocycles. The number of rotatable bonds is 5. The van der Waals surface area contributed by atoms with Crippen LogP contribution in [-0.2, 0) is 9.59 Å². The van der Waals surface area contributed by atoms with Crippen LogP contribution in [0.2, 0.25) is 0 Å². The number of hydrazine groups is 1. The van der Waals surface area contributed by atoms with Crippen LogP contribution in [0.5, 0.6) is 0 Å². The summed E-state index contributed by atoms with van der Waals surface area (Å²) < 4.78 is 0. The van der Waals surface area contributed by atoms with Crippen molar-refractivity contribution in [2.75, 3.05) is 5.32 Å². The molecule has 0 aliphatic rings. The van der Waals surface area contributed by atoms with Crippen LogP contribution in [0.4, 0.5) is 5.69 Å². The molecule has 1 aromatic carbocycles. The Bertz CT molecular complexity index is 850. The number of benzene rings is 1. The Balaban J connectivity index is 1.67. The van der Waals surface area contributed by atoms with Gasteiger partial charge in [0.05, 0.1) is 4.88 Å². The Morgan fingerprint density at radius 3 is 2.41 bits per heavy atom. The number of thiocarbonyl (C=S) groups is 1. The van der Waals surface area contributed by atoms with Crippen LogP contribution >= 0.6 is 23.6 Å². The van der Waals surface area contributed by atoms with E-state index < -0.39 is 5.91 Å². The number of amides is 3. The van der Waals surface area contributed by atoms with Crippen LogP contribution < -0.4 is 21.5 Å². The molecule has 9 heteroatoms. The second-order valence-corrected chi connectivity index (χ2v) is 7.14. The van der Waals surface area contributed by atoms with E-state index in [-0.39, 0.29) is 29.8 Å². The predicted octanol–water partition coefficient (Wildman–Crippen LogP) is 2.42. The molecule has 0 fully saturated rings. The number of nitrogens with one attached hydrogen (secondary N) is 4. The molecule has 0 radical (unpaired) electrons. The molecule has 0 aliphatic heterocycles. The second kappa shape index (κ2) is 9.79. The first-order valence-electron chi connectivity index (χ1n) is 8.16. The van der Waals surface area contributed by atoms with Crippen molar-refractivity contribution in [2.24, 2.45) is 0 Å². The van der Waals surface area contributed by atoms with E-state index in [0.717, 1.165) is 11.1 Å². The zero-order valence-electron chi connectivity index (χ0n) is 14.9. The Kier molecular flexibility index (Phi) is 7.44. The number of aryl methyl sites for hydroxylation is 2. The molecule has 0 spiro atoms. The average molecular weight is 405 g/mol. The van der Waals surface area contributed by atoms with Crippen molar-refractivity contribution < 1.29 is 14.4 Å². The van der Waals surface area contributed by atoms with Crippen molar-refractivity contribution >= 4 is 52.1 Å². The number of thiophene rings is 1. The summed E-state index contributed by atoms with van der Waals surface area (Å²) in [4.78, 5) is 36.0. The van der Waals surface area contributed by atoms with E-state index in [9.17, 15) is 14.4 Å². The van der Waals surface area contributed by atoms with Gasteiger partial charge in [-0.3, -0.25) is 30.6 Å². The van der Waals surface area contributed by atoms with Gasteiger partial charge in [-0.2, -0.15) is 0 Å². The molecule has 2 rings (SSSR count). The zero-order chi connectivity index (χ0) is 19.8. The number of hydrogen-bond donors (Lipinski definition) is 4. The second-order valence-electron chi connectivity index (χ2n) is 5.78. The van der Waals surface area contributed by atoms with E-state index in [1.807, 2.05) is 32.0 Å². The van der Waals surface area contributed by atoms with Crippen LogP contribution in [0.15, 0.2) is 35.7 Å². The normalized spacial score (nSPS) is 10.0. The topological polar surface area (TPSA) is 99.3 Å². The Morgan fingerprint density at radius 2 is 1.74 bits per heavy atom. The van der Waals surface area contributed by atoms with Crippen molar-refractivity contribution in [3.63, 3.8) is 0 Å².